The molecule has 0 aliphatic carbocycles. The summed E-state index contributed by atoms with van der Waals surface area (Å²) in [5, 5.41) is 2.78. The Morgan fingerprint density at radius 1 is 1.09 bits per heavy atom. The second-order valence-corrected chi connectivity index (χ2v) is 5.19. The standard InChI is InChI=1S/C17H16N4O2/c18-17(23)11-5-7-12(8-6-11)19-16(22)10-9-15-20-13-3-1-2-4-14(13)21-15/h1-8H,9-10H2,(H2,18,23)(H,19,22)(H,20,21). The van der Waals surface area contributed by atoms with Crippen molar-refractivity contribution in [1.82, 2.24) is 9.97 Å². The Morgan fingerprint density at radius 3 is 2.52 bits per heavy atom. The maximum Gasteiger partial charge on any atom is 0.248 e. The lowest BCUT2D eigenvalue weighted by molar-refractivity contribution is -0.116. The molecule has 6 heteroatoms. The number of nitrogens with one attached hydrogen (secondary N) is 2. The molecule has 2 aromatic carbocycles. The summed E-state index contributed by atoms with van der Waals surface area (Å²) in [4.78, 5) is 30.6. The lowest BCUT2D eigenvalue weighted by Crippen LogP contribution is -2.14. The summed E-state index contributed by atoms with van der Waals surface area (Å²) in [7, 11) is 0. The Balaban J connectivity index is 1.57. The molecule has 0 atom stereocenters. The molecule has 6 nitrogen and oxygen atoms in total. The zero-order valence-corrected chi connectivity index (χ0v) is 12.4. The van der Waals surface area contributed by atoms with E-state index in [4.69, 9.17) is 5.73 Å². The Morgan fingerprint density at radius 2 is 1.83 bits per heavy atom. The van der Waals surface area contributed by atoms with Crippen LogP contribution in [0.5, 0.6) is 0 Å². The highest BCUT2D eigenvalue weighted by atomic mass is 16.1. The van der Waals surface area contributed by atoms with Crippen molar-refractivity contribution < 1.29 is 9.59 Å². The third-order valence-corrected chi connectivity index (χ3v) is 3.48. The fraction of sp³-hybridized carbons (Fsp3) is 0.118. The van der Waals surface area contributed by atoms with E-state index in [0.29, 0.717) is 24.1 Å². The van der Waals surface area contributed by atoms with Crippen molar-refractivity contribution in [2.75, 3.05) is 5.32 Å². The van der Waals surface area contributed by atoms with E-state index in [0.717, 1.165) is 16.9 Å². The molecule has 1 aromatic heterocycles. The number of nitrogens with two attached hydrogens (primary N) is 1. The van der Waals surface area contributed by atoms with E-state index in [1.54, 1.807) is 24.3 Å². The molecule has 3 aromatic rings. The highest BCUT2D eigenvalue weighted by Gasteiger charge is 2.07. The summed E-state index contributed by atoms with van der Waals surface area (Å²) in [5.41, 5.74) is 8.07. The van der Waals surface area contributed by atoms with Crippen molar-refractivity contribution in [1.29, 1.82) is 0 Å². The molecule has 0 aliphatic heterocycles. The molecule has 0 spiro atoms. The molecule has 3 rings (SSSR count). The number of hydrogen-bond donors (Lipinski definition) is 3. The van der Waals surface area contributed by atoms with Crippen LogP contribution >= 0.6 is 0 Å². The van der Waals surface area contributed by atoms with Crippen LogP contribution in [-0.4, -0.2) is 21.8 Å². The van der Waals surface area contributed by atoms with Crippen LogP contribution in [0.1, 0.15) is 22.6 Å². The molecule has 1 heterocycles. The van der Waals surface area contributed by atoms with Crippen LogP contribution in [0.2, 0.25) is 0 Å². The topological polar surface area (TPSA) is 101 Å². The number of rotatable bonds is 5. The Bertz CT molecular complexity index is 819. The van der Waals surface area contributed by atoms with Gasteiger partial charge in [-0.25, -0.2) is 4.98 Å². The number of nitrogens with zero attached hydrogens (tertiary/aromatic N) is 1. The number of aromatic nitrogens is 2. The lowest BCUT2D eigenvalue weighted by atomic mass is 10.2. The van der Waals surface area contributed by atoms with E-state index in [9.17, 15) is 9.59 Å². The molecular weight excluding hydrogens is 292 g/mol. The quantitative estimate of drug-likeness (QED) is 0.673. The van der Waals surface area contributed by atoms with Gasteiger partial charge in [0.25, 0.3) is 0 Å². The van der Waals surface area contributed by atoms with Gasteiger partial charge in [0.1, 0.15) is 5.82 Å². The van der Waals surface area contributed by atoms with Crippen LogP contribution < -0.4 is 11.1 Å². The number of hydrogen-bond acceptors (Lipinski definition) is 3. The van der Waals surface area contributed by atoms with Crippen molar-refractivity contribution in [3.8, 4) is 0 Å². The second kappa shape index (κ2) is 6.31. The maximum atomic E-state index is 12.0. The number of aryl methyl sites for hydroxylation is 1. The molecule has 23 heavy (non-hydrogen) atoms. The van der Waals surface area contributed by atoms with Crippen LogP contribution in [0.25, 0.3) is 11.0 Å². The van der Waals surface area contributed by atoms with Gasteiger partial charge in [-0.2, -0.15) is 0 Å². The summed E-state index contributed by atoms with van der Waals surface area (Å²) >= 11 is 0. The molecule has 116 valence electrons. The minimum atomic E-state index is -0.493. The maximum absolute atomic E-state index is 12.0. The van der Waals surface area contributed by atoms with Crippen LogP contribution in [0.15, 0.2) is 48.5 Å². The summed E-state index contributed by atoms with van der Waals surface area (Å²) in [6.07, 6.45) is 0.845. The van der Waals surface area contributed by atoms with Gasteiger partial charge < -0.3 is 16.0 Å². The number of para-hydroxylation sites is 2. The molecule has 2 amide bonds. The zero-order chi connectivity index (χ0) is 16.2. The molecule has 0 radical (unpaired) electrons. The first-order valence-corrected chi connectivity index (χ1v) is 7.25. The summed E-state index contributed by atoms with van der Waals surface area (Å²) in [5.74, 6) is 0.176. The SMILES string of the molecule is NC(=O)c1ccc(NC(=O)CCc2nc3ccccc3[nH]2)cc1. The first-order chi connectivity index (χ1) is 11.1. The molecule has 0 saturated heterocycles. The van der Waals surface area contributed by atoms with Crippen LogP contribution in [-0.2, 0) is 11.2 Å². The molecule has 0 unspecified atom stereocenters. The number of carbonyl (C=O) groups is 2. The highest BCUT2D eigenvalue weighted by Crippen LogP contribution is 2.13. The van der Waals surface area contributed by atoms with E-state index < -0.39 is 5.91 Å². The van der Waals surface area contributed by atoms with Gasteiger partial charge >= 0.3 is 0 Å². The van der Waals surface area contributed by atoms with Crippen LogP contribution in [0, 0.1) is 0 Å². The normalized spacial score (nSPS) is 10.6. The highest BCUT2D eigenvalue weighted by molar-refractivity contribution is 5.94. The van der Waals surface area contributed by atoms with Gasteiger partial charge in [-0.05, 0) is 36.4 Å². The van der Waals surface area contributed by atoms with E-state index >= 15 is 0 Å². The number of anilines is 1. The number of amides is 2. The van der Waals surface area contributed by atoms with E-state index in [2.05, 4.69) is 15.3 Å². The first-order valence-electron chi connectivity index (χ1n) is 7.25. The summed E-state index contributed by atoms with van der Waals surface area (Å²) < 4.78 is 0. The van der Waals surface area contributed by atoms with Gasteiger partial charge in [-0.3, -0.25) is 9.59 Å². The predicted molar refractivity (Wildman–Crippen MR) is 88.0 cm³/mol. The van der Waals surface area contributed by atoms with Crippen molar-refractivity contribution in [2.45, 2.75) is 12.8 Å². The Kier molecular flexibility index (Phi) is 4.05. The third kappa shape index (κ3) is 3.55. The first kappa shape index (κ1) is 14.8. The van der Waals surface area contributed by atoms with Gasteiger partial charge in [-0.15, -0.1) is 0 Å². The third-order valence-electron chi connectivity index (χ3n) is 3.48. The van der Waals surface area contributed by atoms with Gasteiger partial charge in [0.05, 0.1) is 11.0 Å². The number of fused-ring (bicyclic) bond motifs is 1. The largest absolute Gasteiger partial charge is 0.366 e. The van der Waals surface area contributed by atoms with Crippen LogP contribution in [0.3, 0.4) is 0 Å². The molecular formula is C17H16N4O2. The van der Waals surface area contributed by atoms with Gasteiger partial charge in [0.15, 0.2) is 0 Å². The van der Waals surface area contributed by atoms with Gasteiger partial charge in [-0.1, -0.05) is 12.1 Å². The lowest BCUT2D eigenvalue weighted by Gasteiger charge is -2.05. The number of imidazole rings is 1. The molecule has 0 fully saturated rings. The molecule has 0 bridgehead atoms. The smallest absolute Gasteiger partial charge is 0.248 e. The predicted octanol–water partition coefficient (Wildman–Crippen LogP) is 2.23. The summed E-state index contributed by atoms with van der Waals surface area (Å²) in [6.45, 7) is 0. The van der Waals surface area contributed by atoms with Gasteiger partial charge in [0, 0.05) is 24.1 Å². The number of benzene rings is 2. The van der Waals surface area contributed by atoms with Crippen molar-refractivity contribution in [2.24, 2.45) is 5.73 Å². The van der Waals surface area contributed by atoms with Crippen molar-refractivity contribution in [3.63, 3.8) is 0 Å². The van der Waals surface area contributed by atoms with Crippen LogP contribution in [0.4, 0.5) is 5.69 Å². The second-order valence-electron chi connectivity index (χ2n) is 5.19. The van der Waals surface area contributed by atoms with E-state index in [1.165, 1.54) is 0 Å². The fourth-order valence-corrected chi connectivity index (χ4v) is 2.30. The average Bonchev–Trinajstić information content (AvgIpc) is 2.96. The number of aromatic amines is 1. The summed E-state index contributed by atoms with van der Waals surface area (Å²) in [6, 6.07) is 14.2. The van der Waals surface area contributed by atoms with E-state index in [-0.39, 0.29) is 5.91 Å². The number of carbonyl (C=O) groups excluding carboxylic acids is 2. The zero-order valence-electron chi connectivity index (χ0n) is 12.4. The van der Waals surface area contributed by atoms with Crippen molar-refractivity contribution >= 4 is 28.5 Å². The minimum absolute atomic E-state index is 0.114. The van der Waals surface area contributed by atoms with Crippen molar-refractivity contribution in [3.05, 3.63) is 59.9 Å². The number of primary amides is 1. The fourth-order valence-electron chi connectivity index (χ4n) is 2.30. The number of H-pyrrole nitrogens is 1. The Labute approximate surface area is 132 Å². The monoisotopic (exact) mass is 308 g/mol. The average molecular weight is 308 g/mol. The van der Waals surface area contributed by atoms with E-state index in [1.807, 2.05) is 24.3 Å². The molecule has 0 aliphatic rings. The van der Waals surface area contributed by atoms with Gasteiger partial charge in [0.2, 0.25) is 11.8 Å². The Hall–Kier alpha value is -3.15. The minimum Gasteiger partial charge on any atom is -0.366 e. The molecule has 4 N–H and O–H groups in total. The molecule has 0 saturated carbocycles.